The molecule has 0 aliphatic carbocycles. The summed E-state index contributed by atoms with van der Waals surface area (Å²) >= 11 is 0. The predicted octanol–water partition coefficient (Wildman–Crippen LogP) is 2.96. The number of anilines is 1. The molecule has 0 radical (unpaired) electrons. The molecule has 0 saturated carbocycles. The lowest BCUT2D eigenvalue weighted by molar-refractivity contribution is -0.692. The van der Waals surface area contributed by atoms with E-state index in [9.17, 15) is 14.0 Å². The summed E-state index contributed by atoms with van der Waals surface area (Å²) in [6, 6.07) is 14.2. The molecule has 0 unspecified atom stereocenters. The number of rotatable bonds is 9. The lowest BCUT2D eigenvalue weighted by Gasteiger charge is -2.20. The molecule has 0 aromatic heterocycles. The third-order valence-electron chi connectivity index (χ3n) is 4.84. The van der Waals surface area contributed by atoms with E-state index in [0.29, 0.717) is 17.5 Å². The minimum absolute atomic E-state index is 0.126. The molecule has 0 aliphatic rings. The maximum atomic E-state index is 12.9. The van der Waals surface area contributed by atoms with Crippen LogP contribution in [0, 0.1) is 11.7 Å². The number of benzene rings is 2. The minimum Gasteiger partial charge on any atom is -0.342 e. The van der Waals surface area contributed by atoms with E-state index in [1.165, 1.54) is 35.4 Å². The summed E-state index contributed by atoms with van der Waals surface area (Å²) in [5.74, 6) is -0.0874. The number of nitrogens with one attached hydrogen (secondary N) is 2. The number of nitrogens with two attached hydrogens (primary N) is 1. The Labute approximate surface area is 172 Å². The van der Waals surface area contributed by atoms with Gasteiger partial charge < -0.3 is 16.0 Å². The summed E-state index contributed by atoms with van der Waals surface area (Å²) in [4.78, 5) is 24.1. The molecule has 6 heteroatoms. The Bertz CT molecular complexity index is 802. The summed E-state index contributed by atoms with van der Waals surface area (Å²) in [5, 5.41) is 7.25. The van der Waals surface area contributed by atoms with Gasteiger partial charge in [-0.25, -0.2) is 4.39 Å². The minimum atomic E-state index is -0.370. The van der Waals surface area contributed by atoms with Crippen molar-refractivity contribution in [3.63, 3.8) is 0 Å². The van der Waals surface area contributed by atoms with Gasteiger partial charge in [-0.1, -0.05) is 52.0 Å². The largest absolute Gasteiger partial charge is 0.342 e. The van der Waals surface area contributed by atoms with Gasteiger partial charge in [-0.2, -0.15) is 0 Å². The fourth-order valence-electron chi connectivity index (χ4n) is 3.12. The normalized spacial score (nSPS) is 12.1. The third-order valence-corrected chi connectivity index (χ3v) is 4.84. The first-order chi connectivity index (χ1) is 13.8. The smallest absolute Gasteiger partial charge is 0.275 e. The van der Waals surface area contributed by atoms with Crippen LogP contribution in [0.1, 0.15) is 50.8 Å². The number of quaternary nitrogens is 1. The van der Waals surface area contributed by atoms with Crippen LogP contribution in [-0.2, 0) is 9.59 Å². The molecular formula is C23H31FN3O2+. The molecule has 2 amide bonds. The van der Waals surface area contributed by atoms with Crippen molar-refractivity contribution in [2.45, 2.75) is 39.7 Å². The molecule has 0 aliphatic heterocycles. The second-order valence-corrected chi connectivity index (χ2v) is 7.86. The SMILES string of the molecule is CC(C)c1ccc([C@H]([NH2+]CC(=O)NCC(=O)Nc2ccc(F)cc2)C(C)C)cc1. The highest BCUT2D eigenvalue weighted by molar-refractivity contribution is 5.94. The van der Waals surface area contributed by atoms with E-state index >= 15 is 0 Å². The molecule has 29 heavy (non-hydrogen) atoms. The first-order valence-corrected chi connectivity index (χ1v) is 10.0. The molecule has 2 rings (SSSR count). The van der Waals surface area contributed by atoms with Gasteiger partial charge in [0.25, 0.3) is 5.91 Å². The maximum absolute atomic E-state index is 12.9. The van der Waals surface area contributed by atoms with E-state index in [2.05, 4.69) is 62.6 Å². The molecule has 4 N–H and O–H groups in total. The Hall–Kier alpha value is -2.73. The van der Waals surface area contributed by atoms with Crippen molar-refractivity contribution < 1.29 is 19.3 Å². The summed E-state index contributed by atoms with van der Waals surface area (Å²) in [7, 11) is 0. The fraction of sp³-hybridized carbons (Fsp3) is 0.391. The standard InChI is InChI=1S/C23H30FN3O2/c1-15(2)17-5-7-18(8-6-17)23(16(3)4)26-13-21(28)25-14-22(29)27-20-11-9-19(24)10-12-20/h5-12,15-16,23,26H,13-14H2,1-4H3,(H,25,28)(H,27,29)/p+1/t23-/m1/s1. The van der Waals surface area contributed by atoms with Gasteiger partial charge in [0.05, 0.1) is 6.54 Å². The van der Waals surface area contributed by atoms with Crippen molar-refractivity contribution >= 4 is 17.5 Å². The van der Waals surface area contributed by atoms with Crippen LogP contribution in [0.2, 0.25) is 0 Å². The highest BCUT2D eigenvalue weighted by Crippen LogP contribution is 2.21. The molecule has 0 bridgehead atoms. The predicted molar refractivity (Wildman–Crippen MR) is 113 cm³/mol. The fourth-order valence-corrected chi connectivity index (χ4v) is 3.12. The monoisotopic (exact) mass is 400 g/mol. The number of amides is 2. The highest BCUT2D eigenvalue weighted by Gasteiger charge is 2.20. The Morgan fingerprint density at radius 2 is 1.48 bits per heavy atom. The average molecular weight is 401 g/mol. The van der Waals surface area contributed by atoms with Crippen LogP contribution in [0.5, 0.6) is 0 Å². The van der Waals surface area contributed by atoms with Gasteiger partial charge in [0.1, 0.15) is 11.9 Å². The van der Waals surface area contributed by atoms with Crippen LogP contribution in [0.15, 0.2) is 48.5 Å². The lowest BCUT2D eigenvalue weighted by Crippen LogP contribution is -2.88. The van der Waals surface area contributed by atoms with Crippen molar-refractivity contribution in [3.8, 4) is 0 Å². The van der Waals surface area contributed by atoms with Crippen molar-refractivity contribution in [2.24, 2.45) is 5.92 Å². The Balaban J connectivity index is 1.82. The van der Waals surface area contributed by atoms with E-state index in [1.54, 1.807) is 0 Å². The maximum Gasteiger partial charge on any atom is 0.275 e. The van der Waals surface area contributed by atoms with Gasteiger partial charge in [-0.15, -0.1) is 0 Å². The van der Waals surface area contributed by atoms with Crippen LogP contribution in [0.3, 0.4) is 0 Å². The molecule has 0 heterocycles. The molecule has 5 nitrogen and oxygen atoms in total. The first kappa shape index (κ1) is 22.6. The molecule has 0 spiro atoms. The third kappa shape index (κ3) is 7.31. The molecule has 2 aromatic rings. The van der Waals surface area contributed by atoms with Gasteiger partial charge >= 0.3 is 0 Å². The Morgan fingerprint density at radius 1 is 0.897 bits per heavy atom. The zero-order valence-electron chi connectivity index (χ0n) is 17.5. The van der Waals surface area contributed by atoms with Crippen LogP contribution in [-0.4, -0.2) is 24.9 Å². The summed E-state index contributed by atoms with van der Waals surface area (Å²) < 4.78 is 12.9. The van der Waals surface area contributed by atoms with Crippen LogP contribution in [0.25, 0.3) is 0 Å². The molecular weight excluding hydrogens is 369 g/mol. The average Bonchev–Trinajstić information content (AvgIpc) is 2.68. The summed E-state index contributed by atoms with van der Waals surface area (Å²) in [5.41, 5.74) is 2.97. The Morgan fingerprint density at radius 3 is 2.03 bits per heavy atom. The quantitative estimate of drug-likeness (QED) is 0.605. The zero-order chi connectivity index (χ0) is 21.4. The zero-order valence-corrected chi connectivity index (χ0v) is 17.5. The van der Waals surface area contributed by atoms with Crippen molar-refractivity contribution in [2.75, 3.05) is 18.4 Å². The van der Waals surface area contributed by atoms with Crippen molar-refractivity contribution in [1.82, 2.24) is 5.32 Å². The molecule has 2 aromatic carbocycles. The van der Waals surface area contributed by atoms with E-state index in [1.807, 2.05) is 5.32 Å². The summed E-state index contributed by atoms with van der Waals surface area (Å²) in [6.07, 6.45) is 0. The van der Waals surface area contributed by atoms with E-state index in [-0.39, 0.29) is 36.8 Å². The second kappa shape index (κ2) is 10.7. The van der Waals surface area contributed by atoms with Crippen LogP contribution < -0.4 is 16.0 Å². The summed E-state index contributed by atoms with van der Waals surface area (Å²) in [6.45, 7) is 8.70. The Kier molecular flexibility index (Phi) is 8.34. The van der Waals surface area contributed by atoms with Gasteiger partial charge in [0.15, 0.2) is 6.54 Å². The van der Waals surface area contributed by atoms with E-state index < -0.39 is 0 Å². The molecule has 0 saturated heterocycles. The first-order valence-electron chi connectivity index (χ1n) is 10.0. The molecule has 156 valence electrons. The highest BCUT2D eigenvalue weighted by atomic mass is 19.1. The van der Waals surface area contributed by atoms with Crippen molar-refractivity contribution in [1.29, 1.82) is 0 Å². The second-order valence-electron chi connectivity index (χ2n) is 7.86. The number of carbonyl (C=O) groups excluding carboxylic acids is 2. The number of hydrogen-bond donors (Lipinski definition) is 3. The number of hydrogen-bond acceptors (Lipinski definition) is 2. The van der Waals surface area contributed by atoms with Gasteiger partial charge in [0, 0.05) is 17.2 Å². The molecule has 1 atom stereocenters. The van der Waals surface area contributed by atoms with Gasteiger partial charge in [-0.05, 0) is 35.7 Å². The van der Waals surface area contributed by atoms with E-state index in [0.717, 1.165) is 0 Å². The topological polar surface area (TPSA) is 74.8 Å². The van der Waals surface area contributed by atoms with Gasteiger partial charge in [-0.3, -0.25) is 9.59 Å². The van der Waals surface area contributed by atoms with Crippen LogP contribution in [0.4, 0.5) is 10.1 Å². The molecule has 0 fully saturated rings. The van der Waals surface area contributed by atoms with Crippen LogP contribution >= 0.6 is 0 Å². The lowest BCUT2D eigenvalue weighted by atomic mass is 9.93. The van der Waals surface area contributed by atoms with Gasteiger partial charge in [0.2, 0.25) is 5.91 Å². The number of halogens is 1. The number of carbonyl (C=O) groups is 2. The van der Waals surface area contributed by atoms with Crippen molar-refractivity contribution in [3.05, 3.63) is 65.5 Å². The van der Waals surface area contributed by atoms with E-state index in [4.69, 9.17) is 0 Å².